The number of thioether (sulfide) groups is 1. The van der Waals surface area contributed by atoms with Gasteiger partial charge in [-0.1, -0.05) is 50.3 Å². The zero-order valence-corrected chi connectivity index (χ0v) is 17.3. The third kappa shape index (κ3) is 8.76. The van der Waals surface area contributed by atoms with Crippen LogP contribution < -0.4 is 5.32 Å². The largest absolute Gasteiger partial charge is 0.337 e. The second-order valence-electron chi connectivity index (χ2n) is 7.75. The fourth-order valence-electron chi connectivity index (χ4n) is 4.04. The Morgan fingerprint density at radius 3 is 2.42 bits per heavy atom. The molecule has 6 heteroatoms. The molecule has 2 rings (SSSR count). The SMILES string of the molecule is CC(=O)SCCN(CCC1CCCCC1)C(=O)NCCN1CCCCC1. The van der Waals surface area contributed by atoms with Crippen molar-refractivity contribution in [3.8, 4) is 0 Å². The molecule has 1 aliphatic heterocycles. The number of hydrogen-bond donors (Lipinski definition) is 1. The number of urea groups is 1. The van der Waals surface area contributed by atoms with E-state index in [4.69, 9.17) is 0 Å². The van der Waals surface area contributed by atoms with Gasteiger partial charge in [-0.05, 0) is 38.3 Å². The highest BCUT2D eigenvalue weighted by Gasteiger charge is 2.18. The molecule has 0 radical (unpaired) electrons. The smallest absolute Gasteiger partial charge is 0.317 e. The molecule has 2 amide bonds. The van der Waals surface area contributed by atoms with Gasteiger partial charge in [0.05, 0.1) is 0 Å². The van der Waals surface area contributed by atoms with Crippen molar-refractivity contribution in [2.24, 2.45) is 5.92 Å². The van der Waals surface area contributed by atoms with Crippen molar-refractivity contribution in [1.29, 1.82) is 0 Å². The monoisotopic (exact) mass is 383 g/mol. The first-order valence-corrected chi connectivity index (χ1v) is 11.5. The van der Waals surface area contributed by atoms with Gasteiger partial charge in [0.1, 0.15) is 0 Å². The molecule has 0 atom stereocenters. The van der Waals surface area contributed by atoms with Crippen molar-refractivity contribution >= 4 is 22.9 Å². The third-order valence-corrected chi connectivity index (χ3v) is 6.43. The molecule has 0 spiro atoms. The maximum absolute atomic E-state index is 12.6. The molecule has 2 aliphatic rings. The van der Waals surface area contributed by atoms with Crippen molar-refractivity contribution in [3.05, 3.63) is 0 Å². The Kier molecular flexibility index (Phi) is 10.4. The summed E-state index contributed by atoms with van der Waals surface area (Å²) in [6.45, 7) is 7.07. The number of nitrogens with zero attached hydrogens (tertiary/aromatic N) is 2. The molecule has 1 saturated carbocycles. The van der Waals surface area contributed by atoms with Crippen LogP contribution in [0.3, 0.4) is 0 Å². The van der Waals surface area contributed by atoms with Crippen LogP contribution in [0.15, 0.2) is 0 Å². The number of piperidine rings is 1. The molecule has 26 heavy (non-hydrogen) atoms. The lowest BCUT2D eigenvalue weighted by molar-refractivity contribution is -0.109. The molecule has 0 aromatic carbocycles. The van der Waals surface area contributed by atoms with Gasteiger partial charge >= 0.3 is 6.03 Å². The first kappa shape index (κ1) is 21.5. The minimum absolute atomic E-state index is 0.0435. The summed E-state index contributed by atoms with van der Waals surface area (Å²) in [6, 6.07) is 0.0435. The third-order valence-electron chi connectivity index (χ3n) is 5.64. The minimum atomic E-state index is 0.0435. The normalized spacial score (nSPS) is 19.3. The topological polar surface area (TPSA) is 52.7 Å². The van der Waals surface area contributed by atoms with E-state index in [1.165, 1.54) is 63.1 Å². The number of amides is 2. The summed E-state index contributed by atoms with van der Waals surface area (Å²) in [6.07, 6.45) is 11.7. The van der Waals surface area contributed by atoms with Crippen LogP contribution in [0.5, 0.6) is 0 Å². The molecule has 0 aromatic rings. The standard InChI is InChI=1S/C20H37N3O2S/c1-18(24)26-17-16-23(14-10-19-8-4-2-5-9-19)20(25)21-11-15-22-12-6-3-7-13-22/h19H,2-17H2,1H3,(H,21,25). The first-order chi connectivity index (χ1) is 12.6. The van der Waals surface area contributed by atoms with Crippen molar-refractivity contribution in [2.45, 2.75) is 64.7 Å². The highest BCUT2D eigenvalue weighted by Crippen LogP contribution is 2.26. The zero-order chi connectivity index (χ0) is 18.6. The Labute approximate surface area is 163 Å². The second kappa shape index (κ2) is 12.6. The van der Waals surface area contributed by atoms with E-state index >= 15 is 0 Å². The number of carbonyl (C=O) groups excluding carboxylic acids is 2. The highest BCUT2D eigenvalue weighted by molar-refractivity contribution is 8.13. The van der Waals surface area contributed by atoms with Crippen LogP contribution in [-0.4, -0.2) is 66.0 Å². The average Bonchev–Trinajstić information content (AvgIpc) is 2.66. The van der Waals surface area contributed by atoms with Crippen LogP contribution in [0.25, 0.3) is 0 Å². The lowest BCUT2D eigenvalue weighted by atomic mass is 9.87. The van der Waals surface area contributed by atoms with Crippen molar-refractivity contribution in [1.82, 2.24) is 15.1 Å². The van der Waals surface area contributed by atoms with Gasteiger partial charge in [-0.25, -0.2) is 4.79 Å². The molecule has 0 unspecified atom stereocenters. The maximum Gasteiger partial charge on any atom is 0.317 e. The number of likely N-dealkylation sites (tertiary alicyclic amines) is 1. The van der Waals surface area contributed by atoms with Gasteiger partial charge in [-0.2, -0.15) is 0 Å². The average molecular weight is 384 g/mol. The zero-order valence-electron chi connectivity index (χ0n) is 16.5. The molecule has 2 fully saturated rings. The van der Waals surface area contributed by atoms with Gasteiger partial charge < -0.3 is 15.1 Å². The van der Waals surface area contributed by atoms with Gasteiger partial charge in [-0.15, -0.1) is 0 Å². The maximum atomic E-state index is 12.6. The summed E-state index contributed by atoms with van der Waals surface area (Å²) in [7, 11) is 0. The van der Waals surface area contributed by atoms with Crippen LogP contribution in [0.1, 0.15) is 64.7 Å². The van der Waals surface area contributed by atoms with Crippen molar-refractivity contribution in [2.75, 3.05) is 45.0 Å². The van der Waals surface area contributed by atoms with E-state index in [1.54, 1.807) is 6.92 Å². The van der Waals surface area contributed by atoms with E-state index in [9.17, 15) is 9.59 Å². The van der Waals surface area contributed by atoms with Crippen molar-refractivity contribution < 1.29 is 9.59 Å². The van der Waals surface area contributed by atoms with Gasteiger partial charge in [0, 0.05) is 38.9 Å². The second-order valence-corrected chi connectivity index (χ2v) is 9.03. The van der Waals surface area contributed by atoms with E-state index in [1.807, 2.05) is 4.90 Å². The fraction of sp³-hybridized carbons (Fsp3) is 0.900. The molecule has 1 aliphatic carbocycles. The van der Waals surface area contributed by atoms with E-state index in [-0.39, 0.29) is 11.1 Å². The van der Waals surface area contributed by atoms with Crippen molar-refractivity contribution in [3.63, 3.8) is 0 Å². The van der Waals surface area contributed by atoms with Gasteiger partial charge in [0.25, 0.3) is 0 Å². The molecule has 1 N–H and O–H groups in total. The lowest BCUT2D eigenvalue weighted by Crippen LogP contribution is -2.45. The summed E-state index contributed by atoms with van der Waals surface area (Å²) >= 11 is 1.32. The van der Waals surface area contributed by atoms with E-state index in [0.717, 1.165) is 45.1 Å². The number of rotatable bonds is 9. The molecule has 5 nitrogen and oxygen atoms in total. The Morgan fingerprint density at radius 1 is 1.04 bits per heavy atom. The molecule has 150 valence electrons. The molecule has 0 aromatic heterocycles. The quantitative estimate of drug-likeness (QED) is 0.659. The van der Waals surface area contributed by atoms with Crippen LogP contribution >= 0.6 is 11.8 Å². The van der Waals surface area contributed by atoms with Crippen LogP contribution in [0, 0.1) is 5.92 Å². The van der Waals surface area contributed by atoms with E-state index < -0.39 is 0 Å². The minimum Gasteiger partial charge on any atom is -0.337 e. The Hall–Kier alpha value is -0.750. The summed E-state index contributed by atoms with van der Waals surface area (Å²) in [4.78, 5) is 28.2. The summed E-state index contributed by atoms with van der Waals surface area (Å²) in [5, 5.41) is 3.23. The molecular formula is C20H37N3O2S. The summed E-state index contributed by atoms with van der Waals surface area (Å²) < 4.78 is 0. The molecular weight excluding hydrogens is 346 g/mol. The number of carbonyl (C=O) groups is 2. The van der Waals surface area contributed by atoms with E-state index in [0.29, 0.717) is 12.3 Å². The first-order valence-electron chi connectivity index (χ1n) is 10.5. The highest BCUT2D eigenvalue weighted by atomic mass is 32.2. The summed E-state index contributed by atoms with van der Waals surface area (Å²) in [5.41, 5.74) is 0. The van der Waals surface area contributed by atoms with Crippen LogP contribution in [-0.2, 0) is 4.79 Å². The Balaban J connectivity index is 1.72. The predicted molar refractivity (Wildman–Crippen MR) is 110 cm³/mol. The van der Waals surface area contributed by atoms with Crippen LogP contribution in [0.2, 0.25) is 0 Å². The summed E-state index contributed by atoms with van der Waals surface area (Å²) in [5.74, 6) is 1.47. The predicted octanol–water partition coefficient (Wildman–Crippen LogP) is 3.73. The Morgan fingerprint density at radius 2 is 1.73 bits per heavy atom. The van der Waals surface area contributed by atoms with Gasteiger partial charge in [0.15, 0.2) is 5.12 Å². The number of hydrogen-bond acceptors (Lipinski definition) is 4. The van der Waals surface area contributed by atoms with Gasteiger partial charge in [0.2, 0.25) is 0 Å². The van der Waals surface area contributed by atoms with E-state index in [2.05, 4.69) is 10.2 Å². The van der Waals surface area contributed by atoms with Crippen LogP contribution in [0.4, 0.5) is 4.79 Å². The van der Waals surface area contributed by atoms with Gasteiger partial charge in [-0.3, -0.25) is 4.79 Å². The number of nitrogens with one attached hydrogen (secondary N) is 1. The fourth-order valence-corrected chi connectivity index (χ4v) is 4.64. The molecule has 1 saturated heterocycles. The molecule has 1 heterocycles. The lowest BCUT2D eigenvalue weighted by Gasteiger charge is -2.29. The molecule has 0 bridgehead atoms. The Bertz CT molecular complexity index is 421.